The van der Waals surface area contributed by atoms with E-state index in [-0.39, 0.29) is 17.7 Å². The molecule has 0 heterocycles. The van der Waals surface area contributed by atoms with Crippen LogP contribution in [0.3, 0.4) is 0 Å². The topological polar surface area (TPSA) is 88.2 Å². The quantitative estimate of drug-likeness (QED) is 0.408. The zero-order valence-electron chi connectivity index (χ0n) is 12.8. The second kappa shape index (κ2) is 7.75. The maximum Gasteiger partial charge on any atom is 0.250 e. The van der Waals surface area contributed by atoms with Gasteiger partial charge in [0, 0.05) is 24.6 Å². The van der Waals surface area contributed by atoms with E-state index in [0.717, 1.165) is 18.4 Å². The van der Waals surface area contributed by atoms with Gasteiger partial charge in [-0.1, -0.05) is 36.4 Å². The van der Waals surface area contributed by atoms with Crippen LogP contribution in [0.1, 0.15) is 30.9 Å². The van der Waals surface area contributed by atoms with Crippen molar-refractivity contribution in [2.24, 2.45) is 11.7 Å². The zero-order chi connectivity index (χ0) is 15.9. The third-order valence-corrected chi connectivity index (χ3v) is 3.78. The number of hydrogen-bond acceptors (Lipinski definition) is 3. The molecule has 0 aromatic heterocycles. The Morgan fingerprint density at radius 2 is 2.18 bits per heavy atom. The van der Waals surface area contributed by atoms with Crippen molar-refractivity contribution in [3.63, 3.8) is 0 Å². The van der Waals surface area contributed by atoms with Gasteiger partial charge < -0.3 is 15.8 Å². The molecule has 2 unspecified atom stereocenters. The number of allylic oxidation sites excluding steroid dienone is 1. The van der Waals surface area contributed by atoms with Crippen LogP contribution in [0.2, 0.25) is 0 Å². The van der Waals surface area contributed by atoms with Gasteiger partial charge in [0.05, 0.1) is 0 Å². The van der Waals surface area contributed by atoms with Crippen LogP contribution < -0.4 is 11.1 Å². The Kier molecular flexibility index (Phi) is 5.72. The predicted octanol–water partition coefficient (Wildman–Crippen LogP) is 1.96. The lowest BCUT2D eigenvalue weighted by Gasteiger charge is -2.21. The van der Waals surface area contributed by atoms with Gasteiger partial charge in [-0.05, 0) is 25.3 Å². The first kappa shape index (κ1) is 16.2. The Morgan fingerprint density at radius 3 is 2.73 bits per heavy atom. The highest BCUT2D eigenvalue weighted by molar-refractivity contribution is 5.94. The van der Waals surface area contributed by atoms with Crippen LogP contribution in [0, 0.1) is 11.3 Å². The molecule has 1 aliphatic carbocycles. The van der Waals surface area contributed by atoms with Crippen LogP contribution in [0.5, 0.6) is 0 Å². The van der Waals surface area contributed by atoms with Gasteiger partial charge in [-0.15, -0.1) is 0 Å². The molecule has 4 N–H and O–H groups in total. The molecule has 5 heteroatoms. The van der Waals surface area contributed by atoms with Crippen LogP contribution in [0.25, 0.3) is 0 Å². The van der Waals surface area contributed by atoms with E-state index in [1.54, 1.807) is 12.1 Å². The summed E-state index contributed by atoms with van der Waals surface area (Å²) in [5, 5.41) is 10.3. The van der Waals surface area contributed by atoms with E-state index in [0.29, 0.717) is 18.7 Å². The monoisotopic (exact) mass is 301 g/mol. The summed E-state index contributed by atoms with van der Waals surface area (Å²) >= 11 is 0. The summed E-state index contributed by atoms with van der Waals surface area (Å²) in [6.07, 6.45) is 5.73. The van der Waals surface area contributed by atoms with Crippen LogP contribution >= 0.6 is 0 Å². The van der Waals surface area contributed by atoms with E-state index in [2.05, 4.69) is 17.5 Å². The smallest absolute Gasteiger partial charge is 0.250 e. The first-order chi connectivity index (χ1) is 10.6. The lowest BCUT2D eigenvalue weighted by Crippen LogP contribution is -2.40. The molecule has 1 amide bonds. The van der Waals surface area contributed by atoms with E-state index < -0.39 is 6.10 Å². The summed E-state index contributed by atoms with van der Waals surface area (Å²) in [7, 11) is 0. The Bertz CT molecular complexity index is 552. The minimum Gasteiger partial charge on any atom is -0.384 e. The second-order valence-corrected chi connectivity index (χ2v) is 5.37. The third kappa shape index (κ3) is 4.18. The summed E-state index contributed by atoms with van der Waals surface area (Å²) in [4.78, 5) is 12.3. The molecule has 2 atom stereocenters. The molecule has 1 aliphatic rings. The van der Waals surface area contributed by atoms with Crippen LogP contribution in [0.4, 0.5) is 0 Å². The van der Waals surface area contributed by atoms with Gasteiger partial charge in [0.15, 0.2) is 0 Å². The van der Waals surface area contributed by atoms with Crippen molar-refractivity contribution < 1.29 is 9.53 Å². The third-order valence-electron chi connectivity index (χ3n) is 3.78. The van der Waals surface area contributed by atoms with Gasteiger partial charge in [0.2, 0.25) is 5.91 Å². The standard InChI is InChI=1S/C17H23N3O2/c1-2-22-15(13-5-3-4-6-13)17(21)20-11-12-7-9-14(10-8-12)16(18)19/h3,5,7-10,13,15H,2,4,6,11H2,1H3,(H3,18,19)(H,20,21). The molecule has 0 saturated heterocycles. The minimum absolute atomic E-state index is 0.0417. The Labute approximate surface area is 131 Å². The number of amides is 1. The first-order valence-electron chi connectivity index (χ1n) is 7.61. The first-order valence-corrected chi connectivity index (χ1v) is 7.61. The summed E-state index contributed by atoms with van der Waals surface area (Å²) < 4.78 is 5.62. The Morgan fingerprint density at radius 1 is 1.45 bits per heavy atom. The molecule has 0 aliphatic heterocycles. The Balaban J connectivity index is 1.92. The number of amidine groups is 1. The van der Waals surface area contributed by atoms with Crippen molar-refractivity contribution in [3.8, 4) is 0 Å². The molecule has 0 bridgehead atoms. The molecule has 118 valence electrons. The number of benzene rings is 1. The highest BCUT2D eigenvalue weighted by atomic mass is 16.5. The largest absolute Gasteiger partial charge is 0.384 e. The molecule has 5 nitrogen and oxygen atoms in total. The SMILES string of the molecule is CCOC(C(=O)NCc1ccc(C(=N)N)cc1)C1C=CCC1. The maximum absolute atomic E-state index is 12.3. The van der Waals surface area contributed by atoms with Crippen molar-refractivity contribution in [2.75, 3.05) is 6.61 Å². The number of carbonyl (C=O) groups excluding carboxylic acids is 1. The van der Waals surface area contributed by atoms with Gasteiger partial charge in [0.25, 0.3) is 0 Å². The summed E-state index contributed by atoms with van der Waals surface area (Å²) in [5.74, 6) is 0.133. The van der Waals surface area contributed by atoms with Gasteiger partial charge in [-0.3, -0.25) is 10.2 Å². The molecule has 0 spiro atoms. The van der Waals surface area contributed by atoms with Gasteiger partial charge in [-0.25, -0.2) is 0 Å². The molecular weight excluding hydrogens is 278 g/mol. The molecule has 0 radical (unpaired) electrons. The number of rotatable bonds is 7. The number of hydrogen-bond donors (Lipinski definition) is 3. The summed E-state index contributed by atoms with van der Waals surface area (Å²) in [5.41, 5.74) is 7.07. The minimum atomic E-state index is -0.416. The van der Waals surface area contributed by atoms with E-state index in [1.165, 1.54) is 0 Å². The molecular formula is C17H23N3O2. The highest BCUT2D eigenvalue weighted by Gasteiger charge is 2.28. The van der Waals surface area contributed by atoms with Gasteiger partial charge >= 0.3 is 0 Å². The average Bonchev–Trinajstić information content (AvgIpc) is 3.04. The molecule has 2 rings (SSSR count). The fourth-order valence-electron chi connectivity index (χ4n) is 2.57. The van der Waals surface area contributed by atoms with Crippen molar-refractivity contribution in [3.05, 3.63) is 47.5 Å². The molecule has 1 aromatic carbocycles. The molecule has 1 aromatic rings. The number of ether oxygens (including phenoxy) is 1. The van der Waals surface area contributed by atoms with Crippen LogP contribution in [-0.4, -0.2) is 24.5 Å². The van der Waals surface area contributed by atoms with E-state index in [9.17, 15) is 4.79 Å². The van der Waals surface area contributed by atoms with Crippen LogP contribution in [0.15, 0.2) is 36.4 Å². The number of nitrogens with two attached hydrogens (primary N) is 1. The summed E-state index contributed by atoms with van der Waals surface area (Å²) in [6.45, 7) is 2.87. The number of nitrogen functional groups attached to an aromatic ring is 1. The Hall–Kier alpha value is -2.14. The van der Waals surface area contributed by atoms with E-state index in [1.807, 2.05) is 19.1 Å². The second-order valence-electron chi connectivity index (χ2n) is 5.37. The van der Waals surface area contributed by atoms with E-state index in [4.69, 9.17) is 15.9 Å². The van der Waals surface area contributed by atoms with Gasteiger partial charge in [0.1, 0.15) is 11.9 Å². The summed E-state index contributed by atoms with van der Waals surface area (Å²) in [6, 6.07) is 7.29. The fourth-order valence-corrected chi connectivity index (χ4v) is 2.57. The van der Waals surface area contributed by atoms with Gasteiger partial charge in [-0.2, -0.15) is 0 Å². The van der Waals surface area contributed by atoms with Crippen LogP contribution in [-0.2, 0) is 16.1 Å². The molecule has 0 fully saturated rings. The van der Waals surface area contributed by atoms with Crippen molar-refractivity contribution in [1.29, 1.82) is 5.41 Å². The predicted molar refractivity (Wildman–Crippen MR) is 86.6 cm³/mol. The van der Waals surface area contributed by atoms with Crippen molar-refractivity contribution in [1.82, 2.24) is 5.32 Å². The number of nitrogens with one attached hydrogen (secondary N) is 2. The lowest BCUT2D eigenvalue weighted by molar-refractivity contribution is -0.135. The van der Waals surface area contributed by atoms with Crippen molar-refractivity contribution >= 4 is 11.7 Å². The molecule has 22 heavy (non-hydrogen) atoms. The van der Waals surface area contributed by atoms with E-state index >= 15 is 0 Å². The maximum atomic E-state index is 12.3. The zero-order valence-corrected chi connectivity index (χ0v) is 12.8. The normalized spacial score (nSPS) is 18.1. The fraction of sp³-hybridized carbons (Fsp3) is 0.412. The molecule has 0 saturated carbocycles. The van der Waals surface area contributed by atoms with Crippen molar-refractivity contribution in [2.45, 2.75) is 32.4 Å². The number of carbonyl (C=O) groups is 1. The lowest BCUT2D eigenvalue weighted by atomic mass is 10.0. The average molecular weight is 301 g/mol. The highest BCUT2D eigenvalue weighted by Crippen LogP contribution is 2.23.